The van der Waals surface area contributed by atoms with Crippen molar-refractivity contribution in [2.75, 3.05) is 6.61 Å². The van der Waals surface area contributed by atoms with E-state index in [4.69, 9.17) is 4.74 Å². The number of fused-ring (bicyclic) bond motifs is 1. The maximum Gasteiger partial charge on any atom is 0.374 e. The van der Waals surface area contributed by atoms with Crippen LogP contribution in [0, 0.1) is 0 Å². The number of esters is 1. The van der Waals surface area contributed by atoms with Crippen molar-refractivity contribution in [1.29, 1.82) is 0 Å². The van der Waals surface area contributed by atoms with Crippen LogP contribution in [-0.2, 0) is 11.8 Å². The Bertz CT molecular complexity index is 560. The predicted octanol–water partition coefficient (Wildman–Crippen LogP) is 3.31. The van der Waals surface area contributed by atoms with E-state index in [-0.39, 0.29) is 5.97 Å². The minimum absolute atomic E-state index is 0.338. The number of nitrogens with zero attached hydrogens (tertiary/aromatic N) is 2. The van der Waals surface area contributed by atoms with E-state index in [2.05, 4.69) is 11.9 Å². The van der Waals surface area contributed by atoms with E-state index < -0.39 is 0 Å². The summed E-state index contributed by atoms with van der Waals surface area (Å²) in [5.41, 5.74) is 1.77. The van der Waals surface area contributed by atoms with Gasteiger partial charge in [-0.05, 0) is 18.6 Å². The maximum atomic E-state index is 12.0. The van der Waals surface area contributed by atoms with Gasteiger partial charge in [0, 0.05) is 7.05 Å². The Morgan fingerprint density at radius 1 is 1.26 bits per heavy atom. The fourth-order valence-electron chi connectivity index (χ4n) is 2.09. The molecule has 0 N–H and O–H groups in total. The lowest BCUT2D eigenvalue weighted by Gasteiger charge is -2.04. The lowest BCUT2D eigenvalue weighted by Crippen LogP contribution is -2.12. The summed E-state index contributed by atoms with van der Waals surface area (Å²) in [5.74, 6) is 0.0342. The first-order valence-electron chi connectivity index (χ1n) is 6.82. The molecule has 1 aromatic heterocycles. The summed E-state index contributed by atoms with van der Waals surface area (Å²) in [6.07, 6.45) is 4.39. The molecule has 1 heterocycles. The Hall–Kier alpha value is -1.84. The summed E-state index contributed by atoms with van der Waals surface area (Å²) in [6, 6.07) is 7.69. The van der Waals surface area contributed by atoms with Gasteiger partial charge in [0.05, 0.1) is 17.6 Å². The molecule has 0 unspecified atom stereocenters. The molecular weight excluding hydrogens is 240 g/mol. The van der Waals surface area contributed by atoms with Crippen molar-refractivity contribution in [3.63, 3.8) is 0 Å². The highest BCUT2D eigenvalue weighted by Crippen LogP contribution is 2.14. The van der Waals surface area contributed by atoms with Crippen LogP contribution in [0.5, 0.6) is 0 Å². The van der Waals surface area contributed by atoms with Gasteiger partial charge in [-0.3, -0.25) is 0 Å². The molecule has 0 spiro atoms. The average Bonchev–Trinajstić information content (AvgIpc) is 2.76. The zero-order valence-corrected chi connectivity index (χ0v) is 11.6. The SMILES string of the molecule is CCCCCCOC(=O)c1nc2ccccc2n1C. The van der Waals surface area contributed by atoms with Gasteiger partial charge in [-0.15, -0.1) is 0 Å². The number of aryl methyl sites for hydroxylation is 1. The zero-order valence-electron chi connectivity index (χ0n) is 11.6. The second-order valence-corrected chi connectivity index (χ2v) is 4.68. The number of hydrogen-bond acceptors (Lipinski definition) is 3. The van der Waals surface area contributed by atoms with E-state index in [1.165, 1.54) is 12.8 Å². The van der Waals surface area contributed by atoms with Crippen LogP contribution in [0.25, 0.3) is 11.0 Å². The van der Waals surface area contributed by atoms with Gasteiger partial charge in [0.2, 0.25) is 5.82 Å². The number of para-hydroxylation sites is 2. The molecule has 2 aromatic rings. The Morgan fingerprint density at radius 2 is 2.05 bits per heavy atom. The maximum absolute atomic E-state index is 12.0. The number of aromatic nitrogens is 2. The van der Waals surface area contributed by atoms with Gasteiger partial charge >= 0.3 is 5.97 Å². The molecule has 102 valence electrons. The van der Waals surface area contributed by atoms with E-state index in [9.17, 15) is 4.79 Å². The van der Waals surface area contributed by atoms with Crippen molar-refractivity contribution in [1.82, 2.24) is 9.55 Å². The van der Waals surface area contributed by atoms with Crippen LogP contribution in [0.4, 0.5) is 0 Å². The number of benzene rings is 1. The first-order valence-corrected chi connectivity index (χ1v) is 6.82. The third kappa shape index (κ3) is 3.13. The molecule has 0 radical (unpaired) electrons. The summed E-state index contributed by atoms with van der Waals surface area (Å²) in [4.78, 5) is 16.3. The summed E-state index contributed by atoms with van der Waals surface area (Å²) in [5, 5.41) is 0. The van der Waals surface area contributed by atoms with Crippen LogP contribution in [0.15, 0.2) is 24.3 Å². The van der Waals surface area contributed by atoms with Gasteiger partial charge in [-0.1, -0.05) is 38.3 Å². The largest absolute Gasteiger partial charge is 0.460 e. The molecule has 4 heteroatoms. The summed E-state index contributed by atoms with van der Waals surface area (Å²) in [6.45, 7) is 2.63. The number of hydrogen-bond donors (Lipinski definition) is 0. The first-order chi connectivity index (χ1) is 9.24. The van der Waals surface area contributed by atoms with E-state index in [1.807, 2.05) is 31.3 Å². The standard InChI is InChI=1S/C15H20N2O2/c1-3-4-5-8-11-19-15(18)14-16-12-9-6-7-10-13(12)17(14)2/h6-7,9-10H,3-5,8,11H2,1-2H3. The van der Waals surface area contributed by atoms with Crippen LogP contribution in [0.2, 0.25) is 0 Å². The topological polar surface area (TPSA) is 44.1 Å². The Kier molecular flexibility index (Phi) is 4.55. The summed E-state index contributed by atoms with van der Waals surface area (Å²) < 4.78 is 7.04. The van der Waals surface area contributed by atoms with Gasteiger partial charge < -0.3 is 9.30 Å². The van der Waals surface area contributed by atoms with E-state index in [0.29, 0.717) is 12.4 Å². The van der Waals surface area contributed by atoms with Crippen LogP contribution in [0.3, 0.4) is 0 Å². The van der Waals surface area contributed by atoms with Crippen molar-refractivity contribution in [3.05, 3.63) is 30.1 Å². The highest BCUT2D eigenvalue weighted by Gasteiger charge is 2.16. The minimum Gasteiger partial charge on any atom is -0.460 e. The molecule has 0 bridgehead atoms. The highest BCUT2D eigenvalue weighted by molar-refractivity contribution is 5.90. The van der Waals surface area contributed by atoms with Gasteiger partial charge in [-0.25, -0.2) is 9.78 Å². The normalized spacial score (nSPS) is 10.8. The Balaban J connectivity index is 1.99. The molecular formula is C15H20N2O2. The number of imidazole rings is 1. The van der Waals surface area contributed by atoms with Crippen molar-refractivity contribution < 1.29 is 9.53 Å². The zero-order chi connectivity index (χ0) is 13.7. The fraction of sp³-hybridized carbons (Fsp3) is 0.467. The number of ether oxygens (including phenoxy) is 1. The van der Waals surface area contributed by atoms with Crippen LogP contribution < -0.4 is 0 Å². The fourth-order valence-corrected chi connectivity index (χ4v) is 2.09. The Morgan fingerprint density at radius 3 is 2.79 bits per heavy atom. The van der Waals surface area contributed by atoms with Gasteiger partial charge in [-0.2, -0.15) is 0 Å². The van der Waals surface area contributed by atoms with Crippen molar-refractivity contribution in [3.8, 4) is 0 Å². The van der Waals surface area contributed by atoms with Crippen LogP contribution in [-0.4, -0.2) is 22.1 Å². The number of carbonyl (C=O) groups is 1. The molecule has 2 rings (SSSR count). The summed E-state index contributed by atoms with van der Waals surface area (Å²) in [7, 11) is 1.84. The van der Waals surface area contributed by atoms with E-state index in [0.717, 1.165) is 23.9 Å². The molecule has 0 atom stereocenters. The average molecular weight is 260 g/mol. The molecule has 19 heavy (non-hydrogen) atoms. The van der Waals surface area contributed by atoms with Crippen molar-refractivity contribution in [2.45, 2.75) is 32.6 Å². The monoisotopic (exact) mass is 260 g/mol. The Labute approximate surface area is 113 Å². The lowest BCUT2D eigenvalue weighted by molar-refractivity contribution is 0.0480. The molecule has 1 aromatic carbocycles. The van der Waals surface area contributed by atoms with Crippen molar-refractivity contribution >= 4 is 17.0 Å². The van der Waals surface area contributed by atoms with Crippen LogP contribution in [0.1, 0.15) is 43.2 Å². The third-order valence-corrected chi connectivity index (χ3v) is 3.20. The lowest BCUT2D eigenvalue weighted by atomic mass is 10.2. The smallest absolute Gasteiger partial charge is 0.374 e. The highest BCUT2D eigenvalue weighted by atomic mass is 16.5. The number of rotatable bonds is 6. The third-order valence-electron chi connectivity index (χ3n) is 3.20. The molecule has 0 aliphatic heterocycles. The van der Waals surface area contributed by atoms with E-state index >= 15 is 0 Å². The molecule has 4 nitrogen and oxygen atoms in total. The minimum atomic E-state index is -0.338. The first kappa shape index (κ1) is 13.6. The predicted molar refractivity (Wildman–Crippen MR) is 75.1 cm³/mol. The molecule has 0 saturated heterocycles. The molecule has 0 aliphatic rings. The van der Waals surface area contributed by atoms with Gasteiger partial charge in [0.15, 0.2) is 0 Å². The molecule has 0 aliphatic carbocycles. The van der Waals surface area contributed by atoms with Gasteiger partial charge in [0.25, 0.3) is 0 Å². The second-order valence-electron chi connectivity index (χ2n) is 4.68. The van der Waals surface area contributed by atoms with Gasteiger partial charge in [0.1, 0.15) is 0 Å². The van der Waals surface area contributed by atoms with Crippen LogP contribution >= 0.6 is 0 Å². The number of unbranched alkanes of at least 4 members (excludes halogenated alkanes) is 3. The molecule has 0 fully saturated rings. The van der Waals surface area contributed by atoms with Crippen molar-refractivity contribution in [2.24, 2.45) is 7.05 Å². The second kappa shape index (κ2) is 6.36. The number of carbonyl (C=O) groups excluding carboxylic acids is 1. The summed E-state index contributed by atoms with van der Waals surface area (Å²) >= 11 is 0. The molecule has 0 amide bonds. The molecule has 0 saturated carbocycles. The van der Waals surface area contributed by atoms with E-state index in [1.54, 1.807) is 4.57 Å². The quantitative estimate of drug-likeness (QED) is 0.591.